The Morgan fingerprint density at radius 1 is 0.638 bits per heavy atom. The first-order valence-corrected chi connectivity index (χ1v) is 34.0. The van der Waals surface area contributed by atoms with Crippen LogP contribution in [0.3, 0.4) is 0 Å². The molecule has 0 amide bonds. The molecule has 245 valence electrons. The van der Waals surface area contributed by atoms with Crippen LogP contribution in [0.15, 0.2) is 96.1 Å². The quantitative estimate of drug-likeness (QED) is 0.149. The number of hydrogen-bond donors (Lipinski definition) is 0. The second-order valence-corrected chi connectivity index (χ2v) is 57.8. The summed E-state index contributed by atoms with van der Waals surface area (Å²) in [6, 6.07) is 32.1. The summed E-state index contributed by atoms with van der Waals surface area (Å²) in [4.78, 5) is 0. The van der Waals surface area contributed by atoms with Gasteiger partial charge in [-0.05, 0) is 0 Å². The van der Waals surface area contributed by atoms with Gasteiger partial charge in [0.2, 0.25) is 0 Å². The number of allylic oxidation sites excluding steroid dienone is 2. The molecular formula is C43H51Cl2SiZr. The van der Waals surface area contributed by atoms with Crippen LogP contribution in [0.25, 0.3) is 34.4 Å². The van der Waals surface area contributed by atoms with Crippen LogP contribution in [0.5, 0.6) is 0 Å². The zero-order valence-electron chi connectivity index (χ0n) is 29.7. The van der Waals surface area contributed by atoms with E-state index in [0.29, 0.717) is 17.8 Å². The predicted molar refractivity (Wildman–Crippen MR) is 209 cm³/mol. The van der Waals surface area contributed by atoms with Crippen molar-refractivity contribution >= 4 is 35.1 Å². The minimum absolute atomic E-state index is 0.0906. The van der Waals surface area contributed by atoms with Gasteiger partial charge < -0.3 is 0 Å². The van der Waals surface area contributed by atoms with Crippen LogP contribution < -0.4 is 0 Å². The van der Waals surface area contributed by atoms with Crippen molar-refractivity contribution in [3.8, 4) is 22.3 Å². The molecule has 0 radical (unpaired) electrons. The molecule has 0 aliphatic heterocycles. The van der Waals surface area contributed by atoms with Gasteiger partial charge in [-0.1, -0.05) is 0 Å². The van der Waals surface area contributed by atoms with E-state index >= 15 is 0 Å². The van der Waals surface area contributed by atoms with Crippen molar-refractivity contribution in [1.29, 1.82) is 0 Å². The molecule has 0 N–H and O–H groups in total. The van der Waals surface area contributed by atoms with E-state index in [-0.39, 0.29) is 7.25 Å². The fraction of sp³-hybridized carbons (Fsp3) is 0.349. The fourth-order valence-corrected chi connectivity index (χ4v) is 40.6. The normalized spacial score (nSPS) is 19.0. The Balaban J connectivity index is 1.51. The predicted octanol–water partition coefficient (Wildman–Crippen LogP) is 13.9. The van der Waals surface area contributed by atoms with Gasteiger partial charge in [0, 0.05) is 0 Å². The van der Waals surface area contributed by atoms with Crippen LogP contribution in [0.2, 0.25) is 13.1 Å². The zero-order valence-corrected chi connectivity index (χ0v) is 34.8. The van der Waals surface area contributed by atoms with E-state index < -0.39 is 21.5 Å². The first kappa shape index (κ1) is 34.9. The molecule has 0 heterocycles. The average Bonchev–Trinajstić information content (AvgIpc) is 3.63. The Morgan fingerprint density at radius 3 is 1.60 bits per heavy atom. The second kappa shape index (κ2) is 13.1. The van der Waals surface area contributed by atoms with Crippen LogP contribution in [-0.4, -0.2) is 5.92 Å². The molecule has 3 atom stereocenters. The van der Waals surface area contributed by atoms with Crippen LogP contribution in [0.4, 0.5) is 0 Å². The van der Waals surface area contributed by atoms with Crippen LogP contribution >= 0.6 is 17.0 Å². The third kappa shape index (κ3) is 5.78. The Hall–Kier alpha value is -1.96. The summed E-state index contributed by atoms with van der Waals surface area (Å²) >= 11 is -4.80. The molecule has 0 bridgehead atoms. The van der Waals surface area contributed by atoms with E-state index in [0.717, 1.165) is 6.42 Å². The summed E-state index contributed by atoms with van der Waals surface area (Å²) in [5, 5.41) is 0. The van der Waals surface area contributed by atoms with E-state index in [1.807, 2.05) is 0 Å². The van der Waals surface area contributed by atoms with Gasteiger partial charge in [0.15, 0.2) is 0 Å². The third-order valence-electron chi connectivity index (χ3n) is 11.5. The van der Waals surface area contributed by atoms with Crippen molar-refractivity contribution in [3.05, 3.63) is 129 Å². The van der Waals surface area contributed by atoms with Crippen molar-refractivity contribution in [1.82, 2.24) is 0 Å². The number of benzene rings is 4. The summed E-state index contributed by atoms with van der Waals surface area (Å²) in [5.41, 5.74) is 16.0. The van der Waals surface area contributed by atoms with Gasteiger partial charge in [-0.2, -0.15) is 0 Å². The molecule has 2 aliphatic rings. The summed E-state index contributed by atoms with van der Waals surface area (Å²) in [6.45, 7) is 20.9. The first-order chi connectivity index (χ1) is 22.3. The van der Waals surface area contributed by atoms with Gasteiger partial charge in [-0.15, -0.1) is 0 Å². The standard InChI is InChI=1S/C21H23.C20H21.C2H7Si.2ClH.Zr/c1-14(2)16-8-10-17(11-9-16)20-7-5-6-18-12-19(15(3)4)13-21(18)20;1-4-15(3)16-8-10-17(11-9-16)19-7-5-6-18-12-14(2)13-20(18)19;1-3-2;;;/h5-15H,1-4H3;5-13,15H,4H2,1-3H3;3H,1-2H3;2*1H;/q;;;;;+2/p-2. The molecular weight excluding hydrogens is 707 g/mol. The summed E-state index contributed by atoms with van der Waals surface area (Å²) < 4.78 is 0.182. The molecule has 0 aromatic heterocycles. The number of fused-ring (bicyclic) bond motifs is 2. The Kier molecular flexibility index (Phi) is 9.69. The number of hydrogen-bond acceptors (Lipinski definition) is 0. The van der Waals surface area contributed by atoms with Gasteiger partial charge in [-0.3, -0.25) is 0 Å². The number of halogens is 2. The molecule has 6 rings (SSSR count). The van der Waals surface area contributed by atoms with Gasteiger partial charge >= 0.3 is 295 Å². The van der Waals surface area contributed by atoms with E-state index in [2.05, 4.69) is 159 Å². The van der Waals surface area contributed by atoms with E-state index in [1.165, 1.54) is 66.8 Å². The SMILES string of the molecule is CCC(C)c1ccc(-c2cccc3c2C=C(C)[CH]3[Zr]([Cl])([Cl])([CH]2C(C(C)C)=Cc3c(-c4ccc(C(C)C)cc4)cccc32)[SiH](C)C)cc1. The molecule has 4 aromatic carbocycles. The van der Waals surface area contributed by atoms with Crippen LogP contribution in [0, 0.1) is 5.92 Å². The molecule has 3 unspecified atom stereocenters. The van der Waals surface area contributed by atoms with E-state index in [4.69, 9.17) is 17.0 Å². The van der Waals surface area contributed by atoms with Crippen molar-refractivity contribution in [2.75, 3.05) is 0 Å². The Labute approximate surface area is 293 Å². The Bertz CT molecular complexity index is 1860. The van der Waals surface area contributed by atoms with Crippen molar-refractivity contribution in [2.45, 2.75) is 87.1 Å². The van der Waals surface area contributed by atoms with Crippen molar-refractivity contribution < 1.29 is 15.6 Å². The van der Waals surface area contributed by atoms with Crippen molar-refractivity contribution in [3.63, 3.8) is 0 Å². The third-order valence-corrected chi connectivity index (χ3v) is 63.5. The van der Waals surface area contributed by atoms with Gasteiger partial charge in [0.05, 0.1) is 0 Å². The van der Waals surface area contributed by atoms with Gasteiger partial charge in [0.25, 0.3) is 0 Å². The molecule has 0 spiro atoms. The monoisotopic (exact) mass is 755 g/mol. The summed E-state index contributed by atoms with van der Waals surface area (Å²) in [6.07, 6.45) is 6.05. The molecule has 0 saturated carbocycles. The molecule has 47 heavy (non-hydrogen) atoms. The van der Waals surface area contributed by atoms with Gasteiger partial charge in [0.1, 0.15) is 0 Å². The Morgan fingerprint density at radius 2 is 1.13 bits per heavy atom. The van der Waals surface area contributed by atoms with Gasteiger partial charge in [-0.25, -0.2) is 0 Å². The minimum atomic E-state index is -4.80. The zero-order chi connectivity index (χ0) is 33.9. The van der Waals surface area contributed by atoms with E-state index in [9.17, 15) is 0 Å². The van der Waals surface area contributed by atoms with Crippen LogP contribution in [-0.2, 0) is 15.6 Å². The van der Waals surface area contributed by atoms with Crippen LogP contribution in [0.1, 0.15) is 107 Å². The van der Waals surface area contributed by atoms with Crippen molar-refractivity contribution in [2.24, 2.45) is 5.92 Å². The number of rotatable bonds is 9. The first-order valence-electron chi connectivity index (χ1n) is 17.7. The fourth-order valence-electron chi connectivity index (χ4n) is 8.44. The maximum atomic E-state index is 8.61. The molecule has 2 aliphatic carbocycles. The summed E-state index contributed by atoms with van der Waals surface area (Å²) in [7, 11) is 17.2. The molecule has 0 saturated heterocycles. The average molecular weight is 758 g/mol. The molecule has 0 nitrogen and oxygen atoms in total. The summed E-state index contributed by atoms with van der Waals surface area (Å²) in [5.74, 6) is -0.196. The molecule has 4 aromatic rings. The second-order valence-electron chi connectivity index (χ2n) is 15.3. The molecule has 0 fully saturated rings. The topological polar surface area (TPSA) is 0 Å². The van der Waals surface area contributed by atoms with E-state index in [1.54, 1.807) is 0 Å². The maximum absolute atomic E-state index is 8.61. The molecule has 4 heteroatoms.